The van der Waals surface area contributed by atoms with Crippen LogP contribution < -0.4 is 0 Å². The van der Waals surface area contributed by atoms with Crippen LogP contribution in [0, 0.1) is 0 Å². The Morgan fingerprint density at radius 2 is 1.08 bits per heavy atom. The van der Waals surface area contributed by atoms with Crippen molar-refractivity contribution in [3.05, 3.63) is 78.5 Å². The van der Waals surface area contributed by atoms with Crippen molar-refractivity contribution in [2.75, 3.05) is 0 Å². The lowest BCUT2D eigenvalue weighted by atomic mass is 9.91. The van der Waals surface area contributed by atoms with Gasteiger partial charge in [-0.25, -0.2) is 0 Å². The molecule has 4 aromatic carbocycles. The standard InChI is InChI=1S/C23H17N/c1-2-20-23-18-12-6-4-10-16(18)15-9-3-5-11-17(15)22(23)19-13-7-8-14-21(19)24-20/h3-14H,2H2,1H3. The van der Waals surface area contributed by atoms with Gasteiger partial charge < -0.3 is 0 Å². The Kier molecular flexibility index (Phi) is 2.83. The Bertz CT molecular complexity index is 1230. The van der Waals surface area contributed by atoms with Crippen LogP contribution in [0.25, 0.3) is 43.2 Å². The van der Waals surface area contributed by atoms with Crippen LogP contribution in [0.15, 0.2) is 72.8 Å². The fourth-order valence-electron chi connectivity index (χ4n) is 3.96. The summed E-state index contributed by atoms with van der Waals surface area (Å²) in [4.78, 5) is 4.98. The molecule has 1 heteroatoms. The summed E-state index contributed by atoms with van der Waals surface area (Å²) in [6.07, 6.45) is 0.934. The summed E-state index contributed by atoms with van der Waals surface area (Å²) >= 11 is 0. The van der Waals surface area contributed by atoms with Crippen molar-refractivity contribution in [3.8, 4) is 0 Å². The first-order chi connectivity index (χ1) is 11.9. The Morgan fingerprint density at radius 1 is 0.583 bits per heavy atom. The summed E-state index contributed by atoms with van der Waals surface area (Å²) < 4.78 is 0. The second-order valence-electron chi connectivity index (χ2n) is 6.27. The Hall–Kier alpha value is -2.93. The molecule has 24 heavy (non-hydrogen) atoms. The van der Waals surface area contributed by atoms with Crippen LogP contribution in [0.2, 0.25) is 0 Å². The number of benzene rings is 4. The lowest BCUT2D eigenvalue weighted by Crippen LogP contribution is -1.94. The van der Waals surface area contributed by atoms with Crippen LogP contribution in [-0.4, -0.2) is 4.98 Å². The van der Waals surface area contributed by atoms with Crippen LogP contribution in [-0.2, 0) is 6.42 Å². The summed E-state index contributed by atoms with van der Waals surface area (Å²) in [5.41, 5.74) is 2.27. The van der Waals surface area contributed by atoms with Crippen LogP contribution >= 0.6 is 0 Å². The van der Waals surface area contributed by atoms with E-state index in [2.05, 4.69) is 79.7 Å². The van der Waals surface area contributed by atoms with Crippen molar-refractivity contribution in [2.24, 2.45) is 0 Å². The van der Waals surface area contributed by atoms with E-state index < -0.39 is 0 Å². The molecule has 0 saturated heterocycles. The van der Waals surface area contributed by atoms with Crippen LogP contribution in [0.3, 0.4) is 0 Å². The lowest BCUT2D eigenvalue weighted by Gasteiger charge is -2.15. The van der Waals surface area contributed by atoms with Gasteiger partial charge in [0.1, 0.15) is 0 Å². The van der Waals surface area contributed by atoms with E-state index in [1.165, 1.54) is 43.4 Å². The zero-order valence-electron chi connectivity index (χ0n) is 13.6. The normalized spacial score (nSPS) is 11.7. The minimum Gasteiger partial charge on any atom is -0.252 e. The number of hydrogen-bond acceptors (Lipinski definition) is 1. The van der Waals surface area contributed by atoms with E-state index in [0.717, 1.165) is 11.9 Å². The Morgan fingerprint density at radius 3 is 1.71 bits per heavy atom. The van der Waals surface area contributed by atoms with Gasteiger partial charge in [0.15, 0.2) is 0 Å². The highest BCUT2D eigenvalue weighted by atomic mass is 14.7. The van der Waals surface area contributed by atoms with Crippen molar-refractivity contribution in [1.82, 2.24) is 4.98 Å². The maximum absolute atomic E-state index is 4.98. The number of pyridine rings is 1. The smallest absolute Gasteiger partial charge is 0.0712 e. The quantitative estimate of drug-likeness (QED) is 0.333. The number of nitrogens with zero attached hydrogens (tertiary/aromatic N) is 1. The van der Waals surface area contributed by atoms with E-state index in [-0.39, 0.29) is 0 Å². The molecule has 0 atom stereocenters. The Balaban J connectivity index is 2.25. The summed E-state index contributed by atoms with van der Waals surface area (Å²) in [7, 11) is 0. The third kappa shape index (κ3) is 1.73. The van der Waals surface area contributed by atoms with Crippen molar-refractivity contribution in [1.29, 1.82) is 0 Å². The average molecular weight is 307 g/mol. The minimum atomic E-state index is 0.934. The Labute approximate surface area is 140 Å². The fraction of sp³-hybridized carbons (Fsp3) is 0.0870. The molecule has 0 amide bonds. The predicted molar refractivity (Wildman–Crippen MR) is 104 cm³/mol. The van der Waals surface area contributed by atoms with Crippen LogP contribution in [0.1, 0.15) is 12.6 Å². The molecule has 0 fully saturated rings. The third-order valence-corrected chi connectivity index (χ3v) is 4.99. The highest BCUT2D eigenvalue weighted by molar-refractivity contribution is 6.31. The van der Waals surface area contributed by atoms with Gasteiger partial charge in [-0.1, -0.05) is 73.7 Å². The monoisotopic (exact) mass is 307 g/mol. The van der Waals surface area contributed by atoms with Gasteiger partial charge in [0.25, 0.3) is 0 Å². The molecule has 0 saturated carbocycles. The molecule has 0 aliphatic carbocycles. The predicted octanol–water partition coefficient (Wildman–Crippen LogP) is 6.26. The van der Waals surface area contributed by atoms with Crippen molar-refractivity contribution in [3.63, 3.8) is 0 Å². The van der Waals surface area contributed by atoms with E-state index >= 15 is 0 Å². The summed E-state index contributed by atoms with van der Waals surface area (Å²) in [5, 5.41) is 9.15. The minimum absolute atomic E-state index is 0.934. The largest absolute Gasteiger partial charge is 0.252 e. The number of rotatable bonds is 1. The number of para-hydroxylation sites is 1. The molecular weight excluding hydrogens is 290 g/mol. The molecule has 114 valence electrons. The average Bonchev–Trinajstić information content (AvgIpc) is 2.67. The van der Waals surface area contributed by atoms with Gasteiger partial charge in [-0.2, -0.15) is 0 Å². The molecule has 0 aliphatic heterocycles. The maximum Gasteiger partial charge on any atom is 0.0712 e. The number of fused-ring (bicyclic) bond motifs is 8. The van der Waals surface area contributed by atoms with E-state index in [4.69, 9.17) is 4.98 Å². The summed E-state index contributed by atoms with van der Waals surface area (Å²) in [5.74, 6) is 0. The van der Waals surface area contributed by atoms with Crippen LogP contribution in [0.5, 0.6) is 0 Å². The van der Waals surface area contributed by atoms with Gasteiger partial charge >= 0.3 is 0 Å². The molecule has 0 N–H and O–H groups in total. The van der Waals surface area contributed by atoms with Gasteiger partial charge in [-0.3, -0.25) is 4.98 Å². The van der Waals surface area contributed by atoms with Crippen molar-refractivity contribution in [2.45, 2.75) is 13.3 Å². The summed E-state index contributed by atoms with van der Waals surface area (Å²) in [6, 6.07) is 26.0. The molecule has 5 rings (SSSR count). The molecule has 0 aliphatic rings. The molecular formula is C23H17N. The van der Waals surface area contributed by atoms with Gasteiger partial charge in [-0.05, 0) is 34.0 Å². The highest BCUT2D eigenvalue weighted by Gasteiger charge is 2.14. The zero-order valence-corrected chi connectivity index (χ0v) is 13.6. The maximum atomic E-state index is 4.98. The molecule has 0 radical (unpaired) electrons. The molecule has 1 aromatic heterocycles. The number of aryl methyl sites for hydroxylation is 1. The van der Waals surface area contributed by atoms with Gasteiger partial charge in [0.05, 0.1) is 5.52 Å². The van der Waals surface area contributed by atoms with Gasteiger partial charge in [0, 0.05) is 21.9 Å². The van der Waals surface area contributed by atoms with E-state index in [0.29, 0.717) is 0 Å². The fourth-order valence-corrected chi connectivity index (χ4v) is 3.96. The molecule has 1 heterocycles. The number of hydrogen-bond donors (Lipinski definition) is 0. The summed E-state index contributed by atoms with van der Waals surface area (Å²) in [6.45, 7) is 2.19. The van der Waals surface area contributed by atoms with Gasteiger partial charge in [0.2, 0.25) is 0 Å². The first kappa shape index (κ1) is 13.5. The topological polar surface area (TPSA) is 12.9 Å². The molecule has 0 bridgehead atoms. The van der Waals surface area contributed by atoms with Crippen molar-refractivity contribution < 1.29 is 0 Å². The molecule has 5 aromatic rings. The number of aromatic nitrogens is 1. The van der Waals surface area contributed by atoms with E-state index in [1.807, 2.05) is 0 Å². The highest BCUT2D eigenvalue weighted by Crippen LogP contribution is 2.39. The van der Waals surface area contributed by atoms with E-state index in [1.54, 1.807) is 0 Å². The second kappa shape index (κ2) is 5.04. The zero-order chi connectivity index (χ0) is 16.1. The van der Waals surface area contributed by atoms with Gasteiger partial charge in [-0.15, -0.1) is 0 Å². The third-order valence-electron chi connectivity index (χ3n) is 4.99. The van der Waals surface area contributed by atoms with Crippen molar-refractivity contribution >= 4 is 43.2 Å². The second-order valence-corrected chi connectivity index (χ2v) is 6.27. The first-order valence-corrected chi connectivity index (χ1v) is 8.49. The van der Waals surface area contributed by atoms with Crippen LogP contribution in [0.4, 0.5) is 0 Å². The lowest BCUT2D eigenvalue weighted by molar-refractivity contribution is 1.08. The first-order valence-electron chi connectivity index (χ1n) is 8.49. The SMILES string of the molecule is CCc1nc2ccccc2c2c3ccccc3c3ccccc3c12. The molecule has 0 unspecified atom stereocenters. The van der Waals surface area contributed by atoms with E-state index in [9.17, 15) is 0 Å². The molecule has 0 spiro atoms. The molecule has 1 nitrogen and oxygen atoms in total.